The van der Waals surface area contributed by atoms with E-state index in [9.17, 15) is 9.18 Å². The molecule has 0 aliphatic carbocycles. The maximum absolute atomic E-state index is 13.7. The highest BCUT2D eigenvalue weighted by molar-refractivity contribution is 6.09. The zero-order valence-corrected chi connectivity index (χ0v) is 13.9. The van der Waals surface area contributed by atoms with Crippen LogP contribution in [0.2, 0.25) is 0 Å². The van der Waals surface area contributed by atoms with Crippen LogP contribution in [0.4, 0.5) is 10.2 Å². The number of ether oxygens (including phenoxy) is 1. The summed E-state index contributed by atoms with van der Waals surface area (Å²) in [6.45, 7) is 1.91. The first-order chi connectivity index (χ1) is 12.6. The molecule has 0 amide bonds. The van der Waals surface area contributed by atoms with Crippen molar-refractivity contribution in [2.75, 3.05) is 12.3 Å². The monoisotopic (exact) mass is 350 g/mol. The molecule has 6 nitrogen and oxygen atoms in total. The number of hydrogen-bond acceptors (Lipinski definition) is 5. The van der Waals surface area contributed by atoms with E-state index in [1.54, 1.807) is 25.1 Å². The SMILES string of the molecule is CCOC(=O)c1c(N)n(-c2cccc(F)c2)c2nc3ccccc3nc12. The third-order valence-electron chi connectivity index (χ3n) is 4.04. The van der Waals surface area contributed by atoms with Gasteiger partial charge in [0.05, 0.1) is 23.3 Å². The standard InChI is InChI=1S/C19H15FN4O2/c1-2-26-19(25)15-16-18(23-14-9-4-3-8-13(14)22-16)24(17(15)21)12-7-5-6-11(20)10-12/h3-10H,2,21H2,1H3. The Labute approximate surface area is 148 Å². The highest BCUT2D eigenvalue weighted by atomic mass is 19.1. The van der Waals surface area contributed by atoms with Crippen LogP contribution in [0.1, 0.15) is 17.3 Å². The van der Waals surface area contributed by atoms with Crippen LogP contribution in [0.3, 0.4) is 0 Å². The van der Waals surface area contributed by atoms with E-state index in [4.69, 9.17) is 10.5 Å². The van der Waals surface area contributed by atoms with Crippen molar-refractivity contribution in [1.82, 2.24) is 14.5 Å². The minimum Gasteiger partial charge on any atom is -0.462 e. The summed E-state index contributed by atoms with van der Waals surface area (Å²) < 4.78 is 20.4. The first kappa shape index (κ1) is 16.0. The Hall–Kier alpha value is -3.48. The summed E-state index contributed by atoms with van der Waals surface area (Å²) in [6.07, 6.45) is 0. The molecule has 26 heavy (non-hydrogen) atoms. The molecule has 0 bridgehead atoms. The molecule has 130 valence electrons. The maximum atomic E-state index is 13.7. The highest BCUT2D eigenvalue weighted by Gasteiger charge is 2.25. The van der Waals surface area contributed by atoms with E-state index in [0.29, 0.717) is 27.9 Å². The molecular weight excluding hydrogens is 335 g/mol. The van der Waals surface area contributed by atoms with Crippen molar-refractivity contribution in [3.63, 3.8) is 0 Å². The lowest BCUT2D eigenvalue weighted by molar-refractivity contribution is 0.0529. The Morgan fingerprint density at radius 2 is 1.88 bits per heavy atom. The van der Waals surface area contributed by atoms with E-state index in [1.165, 1.54) is 16.7 Å². The molecule has 0 aliphatic rings. The van der Waals surface area contributed by atoms with Crippen molar-refractivity contribution in [2.45, 2.75) is 6.92 Å². The smallest absolute Gasteiger partial charge is 0.344 e. The van der Waals surface area contributed by atoms with Gasteiger partial charge in [0.1, 0.15) is 22.7 Å². The molecule has 0 atom stereocenters. The molecule has 0 unspecified atom stereocenters. The van der Waals surface area contributed by atoms with Crippen LogP contribution in [-0.4, -0.2) is 27.1 Å². The van der Waals surface area contributed by atoms with Crippen LogP contribution in [0.25, 0.3) is 27.9 Å². The van der Waals surface area contributed by atoms with Gasteiger partial charge in [0.2, 0.25) is 0 Å². The number of nitrogens with zero attached hydrogens (tertiary/aromatic N) is 3. The molecule has 0 spiro atoms. The second-order valence-corrected chi connectivity index (χ2v) is 5.68. The lowest BCUT2D eigenvalue weighted by Gasteiger charge is -2.08. The van der Waals surface area contributed by atoms with Gasteiger partial charge in [0.15, 0.2) is 5.65 Å². The van der Waals surface area contributed by atoms with Gasteiger partial charge in [0, 0.05) is 0 Å². The van der Waals surface area contributed by atoms with Crippen LogP contribution < -0.4 is 5.73 Å². The second-order valence-electron chi connectivity index (χ2n) is 5.68. The van der Waals surface area contributed by atoms with Crippen molar-refractivity contribution < 1.29 is 13.9 Å². The molecule has 2 aromatic heterocycles. The van der Waals surface area contributed by atoms with Gasteiger partial charge < -0.3 is 10.5 Å². The van der Waals surface area contributed by atoms with Crippen LogP contribution in [0, 0.1) is 5.82 Å². The lowest BCUT2D eigenvalue weighted by Crippen LogP contribution is -2.09. The molecule has 2 heterocycles. The normalized spacial score (nSPS) is 11.2. The van der Waals surface area contributed by atoms with E-state index in [2.05, 4.69) is 9.97 Å². The summed E-state index contributed by atoms with van der Waals surface area (Å²) in [5.74, 6) is -0.899. The number of hydrogen-bond donors (Lipinski definition) is 1. The average molecular weight is 350 g/mol. The molecule has 0 fully saturated rings. The molecule has 4 rings (SSSR count). The summed E-state index contributed by atoms with van der Waals surface area (Å²) in [5.41, 5.74) is 8.80. The van der Waals surface area contributed by atoms with Gasteiger partial charge in [-0.1, -0.05) is 18.2 Å². The number of rotatable bonds is 3. The molecule has 0 aliphatic heterocycles. The summed E-state index contributed by atoms with van der Waals surface area (Å²) in [5, 5.41) is 0. The molecule has 2 N–H and O–H groups in total. The Bertz CT molecular complexity index is 1150. The number of carbonyl (C=O) groups excluding carboxylic acids is 1. The van der Waals surface area contributed by atoms with Gasteiger partial charge in [-0.25, -0.2) is 19.2 Å². The highest BCUT2D eigenvalue weighted by Crippen LogP contribution is 2.31. The van der Waals surface area contributed by atoms with Crippen molar-refractivity contribution in [1.29, 1.82) is 0 Å². The molecular formula is C19H15FN4O2. The molecule has 0 saturated carbocycles. The van der Waals surface area contributed by atoms with Gasteiger partial charge in [-0.05, 0) is 37.3 Å². The topological polar surface area (TPSA) is 83.0 Å². The first-order valence-electron chi connectivity index (χ1n) is 8.10. The summed E-state index contributed by atoms with van der Waals surface area (Å²) >= 11 is 0. The third kappa shape index (κ3) is 2.45. The number of para-hydroxylation sites is 2. The molecule has 0 radical (unpaired) electrons. The van der Waals surface area contributed by atoms with Gasteiger partial charge in [-0.15, -0.1) is 0 Å². The van der Waals surface area contributed by atoms with Crippen molar-refractivity contribution in [2.24, 2.45) is 0 Å². The average Bonchev–Trinajstić information content (AvgIpc) is 2.90. The van der Waals surface area contributed by atoms with Crippen LogP contribution in [-0.2, 0) is 4.74 Å². The number of halogens is 1. The van der Waals surface area contributed by atoms with Gasteiger partial charge >= 0.3 is 5.97 Å². The third-order valence-corrected chi connectivity index (χ3v) is 4.04. The van der Waals surface area contributed by atoms with E-state index in [0.717, 1.165) is 0 Å². The molecule has 7 heteroatoms. The van der Waals surface area contributed by atoms with Gasteiger partial charge in [0.25, 0.3) is 0 Å². The number of aromatic nitrogens is 3. The van der Waals surface area contributed by atoms with Crippen molar-refractivity contribution >= 4 is 34.0 Å². The number of esters is 1. The fourth-order valence-corrected chi connectivity index (χ4v) is 2.94. The van der Waals surface area contributed by atoms with Gasteiger partial charge in [-0.3, -0.25) is 4.57 Å². The fraction of sp³-hybridized carbons (Fsp3) is 0.105. The fourth-order valence-electron chi connectivity index (χ4n) is 2.94. The Morgan fingerprint density at radius 1 is 1.15 bits per heavy atom. The van der Waals surface area contributed by atoms with Crippen LogP contribution in [0.5, 0.6) is 0 Å². The Kier molecular flexibility index (Phi) is 3.76. The number of anilines is 1. The second kappa shape index (κ2) is 6.11. The summed E-state index contributed by atoms with van der Waals surface area (Å²) in [4.78, 5) is 21.6. The predicted molar refractivity (Wildman–Crippen MR) is 96.7 cm³/mol. The lowest BCUT2D eigenvalue weighted by atomic mass is 10.2. The number of nitrogens with two attached hydrogens (primary N) is 1. The van der Waals surface area contributed by atoms with Crippen LogP contribution >= 0.6 is 0 Å². The van der Waals surface area contributed by atoms with Crippen molar-refractivity contribution in [3.8, 4) is 5.69 Å². The largest absolute Gasteiger partial charge is 0.462 e. The number of benzene rings is 2. The zero-order valence-electron chi connectivity index (χ0n) is 13.9. The zero-order chi connectivity index (χ0) is 18.3. The Balaban J connectivity index is 2.11. The number of carbonyl (C=O) groups is 1. The molecule has 2 aromatic carbocycles. The van der Waals surface area contributed by atoms with Crippen molar-refractivity contribution in [3.05, 3.63) is 59.9 Å². The summed E-state index contributed by atoms with van der Waals surface area (Å²) in [6, 6.07) is 13.2. The van der Waals surface area contributed by atoms with E-state index in [-0.39, 0.29) is 18.0 Å². The van der Waals surface area contributed by atoms with E-state index < -0.39 is 11.8 Å². The summed E-state index contributed by atoms with van der Waals surface area (Å²) in [7, 11) is 0. The van der Waals surface area contributed by atoms with E-state index in [1.807, 2.05) is 18.2 Å². The van der Waals surface area contributed by atoms with Crippen LogP contribution in [0.15, 0.2) is 48.5 Å². The quantitative estimate of drug-likeness (QED) is 0.572. The molecule has 0 saturated heterocycles. The van der Waals surface area contributed by atoms with Gasteiger partial charge in [-0.2, -0.15) is 0 Å². The maximum Gasteiger partial charge on any atom is 0.344 e. The molecule has 4 aromatic rings. The van der Waals surface area contributed by atoms with E-state index >= 15 is 0 Å². The Morgan fingerprint density at radius 3 is 2.58 bits per heavy atom. The number of nitrogen functional groups attached to an aromatic ring is 1. The predicted octanol–water partition coefficient (Wildman–Crippen LogP) is 3.47. The minimum atomic E-state index is -0.588. The minimum absolute atomic E-state index is 0.111. The number of fused-ring (bicyclic) bond motifs is 2. The first-order valence-corrected chi connectivity index (χ1v) is 8.10.